The highest BCUT2D eigenvalue weighted by Gasteiger charge is 2.27. The molecule has 0 aliphatic carbocycles. The number of halogens is 3. The smallest absolute Gasteiger partial charge is 0.292 e. The lowest BCUT2D eigenvalue weighted by molar-refractivity contribution is -0.189. The van der Waals surface area contributed by atoms with Crippen LogP contribution >= 0.6 is 0 Å². The van der Waals surface area contributed by atoms with Crippen LogP contribution in [0.15, 0.2) is 0 Å². The lowest BCUT2D eigenvalue weighted by Crippen LogP contribution is -2.26. The van der Waals surface area contributed by atoms with Gasteiger partial charge in [-0.15, -0.1) is 0 Å². The van der Waals surface area contributed by atoms with Gasteiger partial charge in [-0.25, -0.2) is 5.48 Å². The molecule has 0 amide bonds. The Bertz CT molecular complexity index is 220. The lowest BCUT2D eigenvalue weighted by Gasteiger charge is -2.14. The molecule has 0 aliphatic heterocycles. The SMILES string of the molecule is CC(C)(C#N)CCCNOCC(F)(F)F. The third-order valence-electron chi connectivity index (χ3n) is 1.72. The highest BCUT2D eigenvalue weighted by Crippen LogP contribution is 2.20. The molecule has 0 aromatic rings. The van der Waals surface area contributed by atoms with Gasteiger partial charge in [0.15, 0.2) is 6.61 Å². The monoisotopic (exact) mass is 224 g/mol. The van der Waals surface area contributed by atoms with Crippen molar-refractivity contribution >= 4 is 0 Å². The van der Waals surface area contributed by atoms with Crippen LogP contribution in [0.5, 0.6) is 0 Å². The fourth-order valence-corrected chi connectivity index (χ4v) is 0.863. The van der Waals surface area contributed by atoms with Crippen molar-refractivity contribution in [1.29, 1.82) is 5.26 Å². The van der Waals surface area contributed by atoms with Gasteiger partial charge in [-0.05, 0) is 26.7 Å². The third-order valence-corrected chi connectivity index (χ3v) is 1.72. The first-order valence-electron chi connectivity index (χ1n) is 4.59. The average Bonchev–Trinajstić information content (AvgIpc) is 2.09. The normalized spacial score (nSPS) is 12.5. The summed E-state index contributed by atoms with van der Waals surface area (Å²) in [5, 5.41) is 8.65. The molecule has 0 aromatic carbocycles. The molecule has 0 saturated carbocycles. The zero-order chi connectivity index (χ0) is 11.9. The lowest BCUT2D eigenvalue weighted by atomic mass is 9.90. The first-order valence-corrected chi connectivity index (χ1v) is 4.59. The molecule has 0 fully saturated rings. The number of hydrogen-bond acceptors (Lipinski definition) is 3. The van der Waals surface area contributed by atoms with E-state index in [-0.39, 0.29) is 0 Å². The van der Waals surface area contributed by atoms with Crippen LogP contribution in [0, 0.1) is 16.7 Å². The second-order valence-corrected chi connectivity index (χ2v) is 3.90. The van der Waals surface area contributed by atoms with E-state index in [1.807, 2.05) is 0 Å². The van der Waals surface area contributed by atoms with Crippen LogP contribution in [0.3, 0.4) is 0 Å². The molecule has 0 aromatic heterocycles. The largest absolute Gasteiger partial charge is 0.413 e. The number of nitrogens with zero attached hydrogens (tertiary/aromatic N) is 1. The number of rotatable bonds is 6. The summed E-state index contributed by atoms with van der Waals surface area (Å²) < 4.78 is 34.8. The van der Waals surface area contributed by atoms with Crippen LogP contribution in [0.1, 0.15) is 26.7 Å². The predicted molar refractivity (Wildman–Crippen MR) is 48.6 cm³/mol. The van der Waals surface area contributed by atoms with E-state index in [1.54, 1.807) is 13.8 Å². The zero-order valence-corrected chi connectivity index (χ0v) is 8.82. The molecular weight excluding hydrogens is 209 g/mol. The average molecular weight is 224 g/mol. The first-order chi connectivity index (χ1) is 6.77. The molecule has 0 bridgehead atoms. The molecule has 15 heavy (non-hydrogen) atoms. The van der Waals surface area contributed by atoms with Crippen molar-refractivity contribution in [3.8, 4) is 6.07 Å². The van der Waals surface area contributed by atoms with Gasteiger partial charge < -0.3 is 0 Å². The van der Waals surface area contributed by atoms with Crippen molar-refractivity contribution in [2.75, 3.05) is 13.2 Å². The molecule has 0 heterocycles. The molecule has 0 rings (SSSR count). The van der Waals surface area contributed by atoms with E-state index in [0.717, 1.165) is 0 Å². The summed E-state index contributed by atoms with van der Waals surface area (Å²) in [7, 11) is 0. The summed E-state index contributed by atoms with van der Waals surface area (Å²) in [5.74, 6) is 0. The molecule has 0 spiro atoms. The molecule has 0 unspecified atom stereocenters. The van der Waals surface area contributed by atoms with Crippen molar-refractivity contribution in [1.82, 2.24) is 5.48 Å². The van der Waals surface area contributed by atoms with Crippen LogP contribution in [-0.4, -0.2) is 19.3 Å². The Hall–Kier alpha value is -0.800. The molecule has 0 atom stereocenters. The molecule has 6 heteroatoms. The maximum Gasteiger partial charge on any atom is 0.413 e. The standard InChI is InChI=1S/C9H15F3N2O/c1-8(2,6-13)4-3-5-14-15-7-9(10,11)12/h14H,3-5,7H2,1-2H3. The van der Waals surface area contributed by atoms with Crippen LogP contribution in [0.4, 0.5) is 13.2 Å². The highest BCUT2D eigenvalue weighted by atomic mass is 19.4. The minimum absolute atomic E-state index is 0.307. The van der Waals surface area contributed by atoms with E-state index in [4.69, 9.17) is 5.26 Å². The van der Waals surface area contributed by atoms with Crippen molar-refractivity contribution < 1.29 is 18.0 Å². The first kappa shape index (κ1) is 14.2. The summed E-state index contributed by atoms with van der Waals surface area (Å²) in [4.78, 5) is 4.19. The van der Waals surface area contributed by atoms with E-state index >= 15 is 0 Å². The zero-order valence-electron chi connectivity index (χ0n) is 8.82. The highest BCUT2D eigenvalue weighted by molar-refractivity contribution is 4.91. The summed E-state index contributed by atoms with van der Waals surface area (Å²) in [6.07, 6.45) is -3.09. The van der Waals surface area contributed by atoms with Gasteiger partial charge in [0, 0.05) is 6.54 Å². The van der Waals surface area contributed by atoms with Gasteiger partial charge in [0.05, 0.1) is 11.5 Å². The molecule has 0 aliphatic rings. The molecule has 0 saturated heterocycles. The number of nitriles is 1. The van der Waals surface area contributed by atoms with Gasteiger partial charge in [0.25, 0.3) is 0 Å². The molecule has 3 nitrogen and oxygen atoms in total. The van der Waals surface area contributed by atoms with Gasteiger partial charge in [-0.2, -0.15) is 18.4 Å². The van der Waals surface area contributed by atoms with Crippen molar-refractivity contribution in [3.05, 3.63) is 0 Å². The minimum atomic E-state index is -4.31. The van der Waals surface area contributed by atoms with Gasteiger partial charge in [0.1, 0.15) is 0 Å². The summed E-state index contributed by atoms with van der Waals surface area (Å²) in [6.45, 7) is 2.57. The Morgan fingerprint density at radius 2 is 1.93 bits per heavy atom. The fourth-order valence-electron chi connectivity index (χ4n) is 0.863. The Kier molecular flexibility index (Phi) is 5.61. The van der Waals surface area contributed by atoms with Crippen molar-refractivity contribution in [2.24, 2.45) is 5.41 Å². The Balaban J connectivity index is 3.38. The Labute approximate surface area is 87.2 Å². The molecule has 88 valence electrons. The summed E-state index contributed by atoms with van der Waals surface area (Å²) in [5.41, 5.74) is 1.77. The Morgan fingerprint density at radius 3 is 2.40 bits per heavy atom. The summed E-state index contributed by atoms with van der Waals surface area (Å²) in [6, 6.07) is 2.11. The summed E-state index contributed by atoms with van der Waals surface area (Å²) >= 11 is 0. The van der Waals surface area contributed by atoms with E-state index in [1.165, 1.54) is 0 Å². The fraction of sp³-hybridized carbons (Fsp3) is 0.889. The predicted octanol–water partition coefficient (Wildman–Crippen LogP) is 2.40. The van der Waals surface area contributed by atoms with Crippen LogP contribution < -0.4 is 5.48 Å². The third kappa shape index (κ3) is 9.50. The number of nitrogens with one attached hydrogen (secondary N) is 1. The van der Waals surface area contributed by atoms with Crippen molar-refractivity contribution in [2.45, 2.75) is 32.9 Å². The van der Waals surface area contributed by atoms with Crippen LogP contribution in [-0.2, 0) is 4.84 Å². The van der Waals surface area contributed by atoms with Gasteiger partial charge in [0.2, 0.25) is 0 Å². The topological polar surface area (TPSA) is 45.0 Å². The molecule has 0 radical (unpaired) electrons. The van der Waals surface area contributed by atoms with Crippen molar-refractivity contribution in [3.63, 3.8) is 0 Å². The minimum Gasteiger partial charge on any atom is -0.292 e. The number of hydrogen-bond donors (Lipinski definition) is 1. The van der Waals surface area contributed by atoms with Crippen LogP contribution in [0.25, 0.3) is 0 Å². The van der Waals surface area contributed by atoms with E-state index in [2.05, 4.69) is 16.4 Å². The van der Waals surface area contributed by atoms with Gasteiger partial charge >= 0.3 is 6.18 Å². The second-order valence-electron chi connectivity index (χ2n) is 3.90. The number of hydroxylamine groups is 1. The van der Waals surface area contributed by atoms with E-state index in [9.17, 15) is 13.2 Å². The Morgan fingerprint density at radius 1 is 1.33 bits per heavy atom. The van der Waals surface area contributed by atoms with Gasteiger partial charge in [-0.3, -0.25) is 4.84 Å². The van der Waals surface area contributed by atoms with Gasteiger partial charge in [-0.1, -0.05) is 0 Å². The number of alkyl halides is 3. The van der Waals surface area contributed by atoms with E-state index < -0.39 is 18.2 Å². The molecule has 1 N–H and O–H groups in total. The van der Waals surface area contributed by atoms with E-state index in [0.29, 0.717) is 19.4 Å². The maximum absolute atomic E-state index is 11.6. The van der Waals surface area contributed by atoms with Crippen LogP contribution in [0.2, 0.25) is 0 Å². The second kappa shape index (κ2) is 5.93. The molecular formula is C9H15F3N2O. The maximum atomic E-state index is 11.6. The quantitative estimate of drug-likeness (QED) is 0.556.